The topological polar surface area (TPSA) is 76.7 Å². The Morgan fingerprint density at radius 1 is 0.455 bits per heavy atom. The van der Waals surface area contributed by atoms with Crippen molar-refractivity contribution in [2.24, 2.45) is 11.8 Å². The van der Waals surface area contributed by atoms with Crippen molar-refractivity contribution in [3.8, 4) is 67.1 Å². The summed E-state index contributed by atoms with van der Waals surface area (Å²) >= 11 is 0. The summed E-state index contributed by atoms with van der Waals surface area (Å²) in [5.41, 5.74) is 20.8. The molecule has 1 aliphatic heterocycles. The summed E-state index contributed by atoms with van der Waals surface area (Å²) in [7, 11) is 1.69. The minimum atomic E-state index is -0.951. The molecule has 508 valence electrons. The summed E-state index contributed by atoms with van der Waals surface area (Å²) in [6.45, 7) is 9.26. The van der Waals surface area contributed by atoms with Crippen molar-refractivity contribution in [1.29, 1.82) is 0 Å². The fourth-order valence-electron chi connectivity index (χ4n) is 17.2. The van der Waals surface area contributed by atoms with Crippen LogP contribution in [-0.4, -0.2) is 18.9 Å². The highest BCUT2D eigenvalue weighted by atomic mass is 16.5. The van der Waals surface area contributed by atoms with Gasteiger partial charge in [0.05, 0.1) is 7.11 Å². The number of anilines is 2. The summed E-state index contributed by atoms with van der Waals surface area (Å²) in [6.07, 6.45) is 26.0. The normalized spacial score (nSPS) is 18.8. The Bertz CT molecular complexity index is 4770. The van der Waals surface area contributed by atoms with Crippen molar-refractivity contribution < 1.29 is 19.1 Å². The zero-order chi connectivity index (χ0) is 69.0. The highest BCUT2D eigenvalue weighted by Crippen LogP contribution is 2.59. The van der Waals surface area contributed by atoms with Gasteiger partial charge in [-0.25, -0.2) is 0 Å². The van der Waals surface area contributed by atoms with E-state index in [2.05, 4.69) is 220 Å². The van der Waals surface area contributed by atoms with Gasteiger partial charge in [-0.05, 0) is 243 Å². The van der Waals surface area contributed by atoms with E-state index in [1.807, 2.05) is 66.7 Å². The molecule has 3 aliphatic carbocycles. The van der Waals surface area contributed by atoms with E-state index in [1.165, 1.54) is 142 Å². The fraction of sp³-hybridized carbons (Fsp3) is 0.284. The minimum absolute atomic E-state index is 0.153. The lowest BCUT2D eigenvalue weighted by atomic mass is 9.76. The predicted octanol–water partition coefficient (Wildman–Crippen LogP) is 25.4. The standard InChI is InChI=1S/C95H94N2O4/c1-6-8-11-15-63-19-23-65(24-20-63)67-27-31-69(32-28-67)71-43-51-81(52-44-71)96-92(98)75-39-35-73(36-40-75)77-47-57-84-86(61-77)89-87-62-78(48-58-88(87)94(3,4)90(89)85-59-60-95(101-91(84)85,79-17-13-10-14-18-79)80-49-55-83(100-5)56-50-80)74-37-41-76(42-38-74)93(99)97-82-53-45-72(46-54-82)70-33-29-68(30-34-70)66-25-21-64(22-26-66)16-12-9-7-2/h10,13-14,17-18,27-66H,6-9,11-12,15-16,19-26H2,1-5H3,(H,96,98)(H,97,99). The molecule has 2 fully saturated rings. The van der Waals surface area contributed by atoms with E-state index in [0.717, 1.165) is 101 Å². The van der Waals surface area contributed by atoms with E-state index < -0.39 is 11.0 Å². The maximum absolute atomic E-state index is 14.0. The van der Waals surface area contributed by atoms with Crippen LogP contribution in [0, 0.1) is 11.8 Å². The lowest BCUT2D eigenvalue weighted by Crippen LogP contribution is -2.35. The Morgan fingerprint density at radius 3 is 1.38 bits per heavy atom. The number of hydrogen-bond donors (Lipinski definition) is 2. The molecule has 1 heterocycles. The largest absolute Gasteiger partial charge is 0.497 e. The Balaban J connectivity index is 0.685. The van der Waals surface area contributed by atoms with E-state index in [9.17, 15) is 9.59 Å². The number of rotatable bonds is 21. The van der Waals surface area contributed by atoms with E-state index in [1.54, 1.807) is 7.11 Å². The predicted molar refractivity (Wildman–Crippen MR) is 420 cm³/mol. The van der Waals surface area contributed by atoms with Crippen LogP contribution in [-0.2, 0) is 11.0 Å². The molecule has 1 unspecified atom stereocenters. The molecule has 0 saturated heterocycles. The number of methoxy groups -OCH3 is 1. The number of fused-ring (bicyclic) bond motifs is 8. The third kappa shape index (κ3) is 13.8. The molecule has 101 heavy (non-hydrogen) atoms. The molecular formula is C95H94N2O4. The molecule has 0 radical (unpaired) electrons. The van der Waals surface area contributed by atoms with E-state index in [-0.39, 0.29) is 11.8 Å². The van der Waals surface area contributed by atoms with Crippen molar-refractivity contribution in [2.45, 2.75) is 153 Å². The summed E-state index contributed by atoms with van der Waals surface area (Å²) in [6, 6.07) is 83.0. The first-order chi connectivity index (χ1) is 49.4. The molecular weight excluding hydrogens is 1230 g/mol. The van der Waals surface area contributed by atoms with Crippen molar-refractivity contribution in [3.63, 3.8) is 0 Å². The molecule has 15 rings (SSSR count). The number of carbonyl (C=O) groups excluding carboxylic acids is 2. The molecule has 11 aromatic carbocycles. The number of unbranched alkanes of at least 4 members (excludes halogenated alkanes) is 4. The van der Waals surface area contributed by atoms with Crippen molar-refractivity contribution >= 4 is 40.0 Å². The molecule has 6 nitrogen and oxygen atoms in total. The minimum Gasteiger partial charge on any atom is -0.497 e. The Kier molecular flexibility index (Phi) is 19.4. The zero-order valence-electron chi connectivity index (χ0n) is 59.4. The monoisotopic (exact) mass is 1330 g/mol. The molecule has 11 aromatic rings. The van der Waals surface area contributed by atoms with Gasteiger partial charge in [0.1, 0.15) is 11.5 Å². The van der Waals surface area contributed by atoms with Crippen LogP contribution >= 0.6 is 0 Å². The molecule has 0 spiro atoms. The average molecular weight is 1330 g/mol. The van der Waals surface area contributed by atoms with Crippen LogP contribution in [0.4, 0.5) is 11.4 Å². The van der Waals surface area contributed by atoms with Crippen LogP contribution < -0.4 is 20.1 Å². The molecule has 2 saturated carbocycles. The molecule has 2 amide bonds. The molecule has 4 aliphatic rings. The number of benzene rings is 11. The Hall–Kier alpha value is -10.0. The molecule has 1 atom stereocenters. The van der Waals surface area contributed by atoms with Crippen LogP contribution in [0.5, 0.6) is 11.5 Å². The van der Waals surface area contributed by atoms with Gasteiger partial charge < -0.3 is 20.1 Å². The second kappa shape index (κ2) is 29.3. The maximum atomic E-state index is 14.0. The second-order valence-corrected chi connectivity index (χ2v) is 29.8. The number of nitrogens with one attached hydrogen (secondary N) is 2. The first-order valence-corrected chi connectivity index (χ1v) is 37.5. The lowest BCUT2D eigenvalue weighted by molar-refractivity contribution is 0.101. The van der Waals surface area contributed by atoms with Crippen molar-refractivity contribution in [1.82, 2.24) is 0 Å². The Morgan fingerprint density at radius 2 is 0.891 bits per heavy atom. The third-order valence-corrected chi connectivity index (χ3v) is 23.2. The number of carbonyl (C=O) groups is 2. The van der Waals surface area contributed by atoms with Gasteiger partial charge in [0.25, 0.3) is 11.8 Å². The van der Waals surface area contributed by atoms with Gasteiger partial charge in [0, 0.05) is 50.0 Å². The zero-order valence-corrected chi connectivity index (χ0v) is 59.4. The summed E-state index contributed by atoms with van der Waals surface area (Å²) in [5.74, 6) is 4.41. The third-order valence-electron chi connectivity index (χ3n) is 23.2. The SMILES string of the molecule is CCCCCC1CCC(c2ccc(-c3ccc(NC(=O)c4ccc(-c5ccc6c(c5)-c5c(c7c(c8ccc(-c9ccc(C(=O)Nc%10ccc(-c%11ccc(C%12CCC(CCCCC)CC%12)cc%11)cc%10)cc9)cc58)OC(c5ccccc5)(c5ccc(OC)cc5)C=C7)C6(C)C)cc4)cc3)cc2)CC1. The van der Waals surface area contributed by atoms with Crippen molar-refractivity contribution in [2.75, 3.05) is 17.7 Å². The molecule has 0 aromatic heterocycles. The van der Waals surface area contributed by atoms with Gasteiger partial charge in [0.2, 0.25) is 0 Å². The van der Waals surface area contributed by atoms with E-state index in [0.29, 0.717) is 23.0 Å². The number of hydrogen-bond acceptors (Lipinski definition) is 4. The molecule has 6 heteroatoms. The van der Waals surface area contributed by atoms with E-state index >= 15 is 0 Å². The van der Waals surface area contributed by atoms with E-state index in [4.69, 9.17) is 9.47 Å². The second-order valence-electron chi connectivity index (χ2n) is 29.8. The van der Waals surface area contributed by atoms with Gasteiger partial charge in [-0.15, -0.1) is 0 Å². The highest BCUT2D eigenvalue weighted by molar-refractivity contribution is 6.11. The summed E-state index contributed by atoms with van der Waals surface area (Å²) in [4.78, 5) is 27.9. The van der Waals surface area contributed by atoms with Gasteiger partial charge >= 0.3 is 0 Å². The average Bonchev–Trinajstić information content (AvgIpc) is 1.57. The highest BCUT2D eigenvalue weighted by Gasteiger charge is 2.45. The molecule has 0 bridgehead atoms. The lowest BCUT2D eigenvalue weighted by Gasteiger charge is -2.38. The van der Waals surface area contributed by atoms with Crippen LogP contribution in [0.15, 0.2) is 243 Å². The first-order valence-electron chi connectivity index (χ1n) is 37.5. The first kappa shape index (κ1) is 66.8. The number of amides is 2. The van der Waals surface area contributed by atoms with Crippen LogP contribution in [0.25, 0.3) is 72.5 Å². The van der Waals surface area contributed by atoms with Gasteiger partial charge in [-0.1, -0.05) is 243 Å². The van der Waals surface area contributed by atoms with Gasteiger partial charge in [0.15, 0.2) is 5.60 Å². The number of ether oxygens (including phenoxy) is 2. The quantitative estimate of drug-likeness (QED) is 0.0703. The van der Waals surface area contributed by atoms with Crippen LogP contribution in [0.1, 0.15) is 202 Å². The van der Waals surface area contributed by atoms with Crippen LogP contribution in [0.2, 0.25) is 0 Å². The summed E-state index contributed by atoms with van der Waals surface area (Å²) in [5, 5.41) is 8.40. The molecule has 2 N–H and O–H groups in total. The Labute approximate surface area is 598 Å². The fourth-order valence-corrected chi connectivity index (χ4v) is 17.2. The summed E-state index contributed by atoms with van der Waals surface area (Å²) < 4.78 is 13.4. The van der Waals surface area contributed by atoms with Gasteiger partial charge in [-0.3, -0.25) is 9.59 Å². The van der Waals surface area contributed by atoms with Gasteiger partial charge in [-0.2, -0.15) is 0 Å². The van der Waals surface area contributed by atoms with Crippen molar-refractivity contribution in [3.05, 3.63) is 293 Å². The van der Waals surface area contributed by atoms with Crippen LogP contribution in [0.3, 0.4) is 0 Å². The maximum Gasteiger partial charge on any atom is 0.255 e. The smallest absolute Gasteiger partial charge is 0.255 e.